The lowest BCUT2D eigenvalue weighted by atomic mass is 10.2. The molecule has 0 amide bonds. The predicted octanol–water partition coefficient (Wildman–Crippen LogP) is 3.08. The highest BCUT2D eigenvalue weighted by molar-refractivity contribution is 7.52. The fraction of sp³-hybridized carbons (Fsp3) is 0.167. The Hall–Kier alpha value is -1.88. The van der Waals surface area contributed by atoms with E-state index in [0.29, 0.717) is 11.7 Å². The van der Waals surface area contributed by atoms with Gasteiger partial charge in [0.2, 0.25) is 0 Å². The Bertz CT molecular complexity index is 523. The van der Waals surface area contributed by atoms with Gasteiger partial charge in [-0.3, -0.25) is 0 Å². The van der Waals surface area contributed by atoms with E-state index in [0.717, 1.165) is 11.3 Å². The van der Waals surface area contributed by atoms with Crippen LogP contribution in [0.3, 0.4) is 0 Å². The number of nitrogens with zero attached hydrogens (tertiary/aromatic N) is 1. The standard InChI is InChI=1S/C12H13N2O2S/c1-2-16-12(15)17-8-10(14-11(17)13)9-6-4-3-5-7-9/h3-8H,2H2,1H3,(H2,13,14)/q+1. The number of benzene rings is 1. The number of nitrogen functional groups attached to an aromatic ring is 1. The molecule has 0 aliphatic carbocycles. The second-order valence-corrected chi connectivity index (χ2v) is 5.00. The summed E-state index contributed by atoms with van der Waals surface area (Å²) in [5, 5.41) is 1.77. The average Bonchev–Trinajstić information content (AvgIpc) is 2.73. The van der Waals surface area contributed by atoms with Gasteiger partial charge in [0.05, 0.1) is 6.61 Å². The molecule has 0 aliphatic rings. The highest BCUT2D eigenvalue weighted by atomic mass is 32.2. The summed E-state index contributed by atoms with van der Waals surface area (Å²) in [6.45, 7) is 2.12. The summed E-state index contributed by atoms with van der Waals surface area (Å²) in [5.74, 6) is 0. The maximum Gasteiger partial charge on any atom is 0.558 e. The van der Waals surface area contributed by atoms with Crippen molar-refractivity contribution in [2.24, 2.45) is 0 Å². The Morgan fingerprint density at radius 2 is 2.12 bits per heavy atom. The van der Waals surface area contributed by atoms with E-state index in [-0.39, 0.29) is 5.30 Å². The summed E-state index contributed by atoms with van der Waals surface area (Å²) in [5.41, 5.74) is 7.44. The van der Waals surface area contributed by atoms with E-state index in [1.807, 2.05) is 30.3 Å². The van der Waals surface area contributed by atoms with Gasteiger partial charge in [-0.25, -0.2) is 0 Å². The molecule has 17 heavy (non-hydrogen) atoms. The third-order valence-electron chi connectivity index (χ3n) is 2.20. The molecule has 0 fully saturated rings. The Labute approximate surface area is 102 Å². The van der Waals surface area contributed by atoms with Gasteiger partial charge in [-0.1, -0.05) is 30.3 Å². The molecule has 1 aromatic heterocycles. The molecular formula is C12H13N2O2S+. The van der Waals surface area contributed by atoms with Crippen LogP contribution in [0.5, 0.6) is 0 Å². The summed E-state index contributed by atoms with van der Waals surface area (Å²) in [7, 11) is -0.843. The molecule has 1 unspecified atom stereocenters. The van der Waals surface area contributed by atoms with E-state index in [1.165, 1.54) is 0 Å². The van der Waals surface area contributed by atoms with Crippen LogP contribution in [-0.2, 0) is 4.74 Å². The fourth-order valence-corrected chi connectivity index (χ4v) is 2.66. The summed E-state index contributed by atoms with van der Waals surface area (Å²) >= 11 is 0. The van der Waals surface area contributed by atoms with Crippen LogP contribution in [0.2, 0.25) is 0 Å². The van der Waals surface area contributed by atoms with E-state index in [4.69, 9.17) is 10.5 Å². The zero-order valence-corrected chi connectivity index (χ0v) is 10.2. The SMILES string of the molecule is CCOC(=O)[s+]1cc(-c2ccccc2)nc1N. The molecule has 5 heteroatoms. The van der Waals surface area contributed by atoms with Crippen molar-refractivity contribution in [3.8, 4) is 11.3 Å². The smallest absolute Gasteiger partial charge is 0.422 e. The number of ether oxygens (including phenoxy) is 1. The minimum absolute atomic E-state index is 0.320. The van der Waals surface area contributed by atoms with Gasteiger partial charge in [0, 0.05) is 5.56 Å². The lowest BCUT2D eigenvalue weighted by Crippen LogP contribution is -1.98. The minimum Gasteiger partial charge on any atom is -0.422 e. The molecule has 1 aromatic carbocycles. The molecule has 4 nitrogen and oxygen atoms in total. The minimum atomic E-state index is -0.843. The Balaban J connectivity index is 2.34. The lowest BCUT2D eigenvalue weighted by Gasteiger charge is -1.90. The number of carbonyl (C=O) groups is 1. The van der Waals surface area contributed by atoms with Gasteiger partial charge in [-0.15, -0.1) is 0 Å². The highest BCUT2D eigenvalue weighted by Crippen LogP contribution is 2.33. The van der Waals surface area contributed by atoms with Gasteiger partial charge in [0.1, 0.15) is 16.2 Å². The van der Waals surface area contributed by atoms with Crippen molar-refractivity contribution in [2.75, 3.05) is 12.3 Å². The van der Waals surface area contributed by atoms with Crippen molar-refractivity contribution < 1.29 is 9.53 Å². The molecule has 0 bridgehead atoms. The van der Waals surface area contributed by atoms with Crippen molar-refractivity contribution in [1.29, 1.82) is 0 Å². The van der Waals surface area contributed by atoms with Crippen LogP contribution in [-0.4, -0.2) is 16.9 Å². The van der Waals surface area contributed by atoms with Crippen LogP contribution in [0.15, 0.2) is 35.7 Å². The third kappa shape index (κ3) is 2.45. The molecule has 88 valence electrons. The molecule has 2 N–H and O–H groups in total. The zero-order chi connectivity index (χ0) is 12.3. The highest BCUT2D eigenvalue weighted by Gasteiger charge is 2.27. The van der Waals surface area contributed by atoms with Crippen LogP contribution in [0.1, 0.15) is 6.92 Å². The molecule has 1 atom stereocenters. The monoisotopic (exact) mass is 249 g/mol. The van der Waals surface area contributed by atoms with E-state index in [9.17, 15) is 4.79 Å². The first-order valence-electron chi connectivity index (χ1n) is 5.23. The summed E-state index contributed by atoms with van der Waals surface area (Å²) in [6.07, 6.45) is 0. The van der Waals surface area contributed by atoms with Crippen LogP contribution < -0.4 is 5.73 Å². The molecule has 0 radical (unpaired) electrons. The average molecular weight is 249 g/mol. The van der Waals surface area contributed by atoms with E-state index >= 15 is 0 Å². The zero-order valence-electron chi connectivity index (χ0n) is 9.42. The maximum atomic E-state index is 11.6. The molecule has 0 saturated heterocycles. The number of thiazole rings is 1. The summed E-state index contributed by atoms with van der Waals surface area (Å²) < 4.78 is 4.95. The number of carbonyl (C=O) groups excluding carboxylic acids is 1. The van der Waals surface area contributed by atoms with Gasteiger partial charge in [0.15, 0.2) is 5.38 Å². The third-order valence-corrected chi connectivity index (χ3v) is 3.67. The largest absolute Gasteiger partial charge is 0.558 e. The quantitative estimate of drug-likeness (QED) is 0.670. The lowest BCUT2D eigenvalue weighted by molar-refractivity contribution is 0.180. The first-order chi connectivity index (χ1) is 8.22. The van der Waals surface area contributed by atoms with Crippen molar-refractivity contribution in [3.63, 3.8) is 0 Å². The number of hydrogen-bond donors (Lipinski definition) is 1. The fourth-order valence-electron chi connectivity index (χ4n) is 1.42. The first kappa shape index (κ1) is 11.6. The molecule has 0 aliphatic heterocycles. The van der Waals surface area contributed by atoms with Gasteiger partial charge < -0.3 is 10.5 Å². The molecule has 2 aromatic rings. The predicted molar refractivity (Wildman–Crippen MR) is 69.0 cm³/mol. The van der Waals surface area contributed by atoms with Crippen molar-refractivity contribution >= 4 is 20.9 Å². The van der Waals surface area contributed by atoms with E-state index in [2.05, 4.69) is 4.98 Å². The van der Waals surface area contributed by atoms with Gasteiger partial charge in [0.25, 0.3) is 0 Å². The normalized spacial score (nSPS) is 11.2. The van der Waals surface area contributed by atoms with Crippen LogP contribution >= 0.6 is 10.5 Å². The number of rotatable bonds is 3. The molecule has 2 rings (SSSR count). The topological polar surface area (TPSA) is 65.2 Å². The number of aromatic nitrogens is 1. The van der Waals surface area contributed by atoms with Gasteiger partial charge in [-0.2, -0.15) is 9.78 Å². The number of nitrogens with two attached hydrogens (primary N) is 1. The first-order valence-corrected chi connectivity index (χ1v) is 6.52. The Kier molecular flexibility index (Phi) is 3.39. The van der Waals surface area contributed by atoms with Crippen molar-refractivity contribution in [3.05, 3.63) is 35.7 Å². The second kappa shape index (κ2) is 4.97. The Morgan fingerprint density at radius 1 is 1.41 bits per heavy atom. The van der Waals surface area contributed by atoms with Crippen LogP contribution in [0.25, 0.3) is 11.3 Å². The Morgan fingerprint density at radius 3 is 2.76 bits per heavy atom. The number of anilines is 1. The van der Waals surface area contributed by atoms with Gasteiger partial charge >= 0.3 is 10.4 Å². The molecule has 0 spiro atoms. The number of hydrogen-bond acceptors (Lipinski definition) is 4. The van der Waals surface area contributed by atoms with Crippen LogP contribution in [0, 0.1) is 0 Å². The molecule has 1 heterocycles. The molecule has 0 saturated carbocycles. The second-order valence-electron chi connectivity index (χ2n) is 3.34. The summed E-state index contributed by atoms with van der Waals surface area (Å²) in [4.78, 5) is 15.8. The van der Waals surface area contributed by atoms with E-state index < -0.39 is 10.5 Å². The van der Waals surface area contributed by atoms with Crippen molar-refractivity contribution in [2.45, 2.75) is 6.92 Å². The van der Waals surface area contributed by atoms with Gasteiger partial charge in [-0.05, 0) is 6.92 Å². The van der Waals surface area contributed by atoms with Crippen molar-refractivity contribution in [1.82, 2.24) is 4.98 Å². The maximum absolute atomic E-state index is 11.6. The van der Waals surface area contributed by atoms with E-state index in [1.54, 1.807) is 12.3 Å². The van der Waals surface area contributed by atoms with Crippen LogP contribution in [0.4, 0.5) is 9.93 Å². The summed E-state index contributed by atoms with van der Waals surface area (Å²) in [6, 6.07) is 9.63. The molecular weight excluding hydrogens is 236 g/mol.